The van der Waals surface area contributed by atoms with E-state index >= 15 is 0 Å². The van der Waals surface area contributed by atoms with Crippen molar-refractivity contribution in [3.05, 3.63) is 99.2 Å². The number of H-pyrrole nitrogens is 1. The van der Waals surface area contributed by atoms with E-state index < -0.39 is 6.09 Å². The maximum absolute atomic E-state index is 13.6. The smallest absolute Gasteiger partial charge is 0.407 e. The number of ether oxygens (including phenoxy) is 1. The van der Waals surface area contributed by atoms with Crippen LogP contribution in [0.1, 0.15) is 56.7 Å². The van der Waals surface area contributed by atoms with E-state index in [2.05, 4.69) is 49.7 Å². The van der Waals surface area contributed by atoms with Crippen LogP contribution in [0.3, 0.4) is 0 Å². The molecule has 1 heterocycles. The van der Waals surface area contributed by atoms with Crippen molar-refractivity contribution in [3.63, 3.8) is 0 Å². The van der Waals surface area contributed by atoms with Gasteiger partial charge in [0.25, 0.3) is 0 Å². The number of likely N-dealkylation sites (N-methyl/N-ethyl adjacent to an activating group) is 1. The molecule has 49 heavy (non-hydrogen) atoms. The SMILES string of the molecule is CCN(CC)CCN(CCN(CC(Cc1ccccc1)c1ccc(O)c2[nH]c(=O)sc12)C(=O)O)C(=O)CCOCC(C)(C)c1ccccc1. The van der Waals surface area contributed by atoms with Crippen LogP contribution in [-0.2, 0) is 21.4 Å². The first-order valence-electron chi connectivity index (χ1n) is 17.0. The molecule has 1 aromatic heterocycles. The number of aromatic hydroxyl groups is 1. The molecule has 3 aromatic carbocycles. The van der Waals surface area contributed by atoms with Gasteiger partial charge in [0.1, 0.15) is 11.3 Å². The van der Waals surface area contributed by atoms with Crippen LogP contribution in [-0.4, -0.2) is 101 Å². The predicted molar refractivity (Wildman–Crippen MR) is 196 cm³/mol. The summed E-state index contributed by atoms with van der Waals surface area (Å²) in [6.45, 7) is 12.5. The Morgan fingerprint density at radius 3 is 2.18 bits per heavy atom. The molecule has 0 saturated heterocycles. The van der Waals surface area contributed by atoms with E-state index in [4.69, 9.17) is 4.74 Å². The van der Waals surface area contributed by atoms with Gasteiger partial charge < -0.3 is 34.6 Å². The molecule has 0 fully saturated rings. The third-order valence-electron chi connectivity index (χ3n) is 9.12. The Labute approximate surface area is 292 Å². The van der Waals surface area contributed by atoms with Crippen LogP contribution < -0.4 is 4.87 Å². The summed E-state index contributed by atoms with van der Waals surface area (Å²) in [6.07, 6.45) is -0.360. The average Bonchev–Trinajstić information content (AvgIpc) is 3.50. The third kappa shape index (κ3) is 10.6. The molecule has 3 N–H and O–H groups in total. The van der Waals surface area contributed by atoms with Gasteiger partial charge in [-0.2, -0.15) is 0 Å². The number of hydrogen-bond acceptors (Lipinski definition) is 7. The molecule has 0 aliphatic heterocycles. The molecular weight excluding hydrogens is 641 g/mol. The molecule has 0 aliphatic rings. The van der Waals surface area contributed by atoms with Gasteiger partial charge in [-0.1, -0.05) is 106 Å². The molecule has 4 rings (SSSR count). The van der Waals surface area contributed by atoms with Gasteiger partial charge in [0.15, 0.2) is 0 Å². The van der Waals surface area contributed by atoms with E-state index in [0.29, 0.717) is 36.3 Å². The Kier molecular flexibility index (Phi) is 13.8. The fourth-order valence-electron chi connectivity index (χ4n) is 6.09. The quantitative estimate of drug-likeness (QED) is 0.101. The highest BCUT2D eigenvalue weighted by atomic mass is 32.1. The average molecular weight is 691 g/mol. The van der Waals surface area contributed by atoms with Crippen LogP contribution in [0.15, 0.2) is 77.6 Å². The monoisotopic (exact) mass is 690 g/mol. The van der Waals surface area contributed by atoms with E-state index in [1.165, 1.54) is 10.5 Å². The summed E-state index contributed by atoms with van der Waals surface area (Å²) in [4.78, 5) is 46.4. The Hall–Kier alpha value is -4.19. The lowest BCUT2D eigenvalue weighted by atomic mass is 9.86. The molecular formula is C38H50N4O6S. The topological polar surface area (TPSA) is 126 Å². The zero-order valence-corrected chi connectivity index (χ0v) is 29.9. The van der Waals surface area contributed by atoms with Gasteiger partial charge in [-0.25, -0.2) is 4.79 Å². The highest BCUT2D eigenvalue weighted by molar-refractivity contribution is 7.16. The summed E-state index contributed by atoms with van der Waals surface area (Å²) in [7, 11) is 0. The van der Waals surface area contributed by atoms with Gasteiger partial charge in [-0.15, -0.1) is 0 Å². The van der Waals surface area contributed by atoms with Gasteiger partial charge >= 0.3 is 11.0 Å². The molecule has 0 aliphatic carbocycles. The fraction of sp³-hybridized carbons (Fsp3) is 0.447. The summed E-state index contributed by atoms with van der Waals surface area (Å²) in [6, 6.07) is 23.3. The molecule has 10 nitrogen and oxygen atoms in total. The number of amides is 2. The van der Waals surface area contributed by atoms with E-state index in [0.717, 1.165) is 35.6 Å². The second kappa shape index (κ2) is 18.0. The molecule has 0 saturated carbocycles. The number of carboxylic acid groups (broad SMARTS) is 1. The lowest BCUT2D eigenvalue weighted by Gasteiger charge is -2.31. The van der Waals surface area contributed by atoms with Crippen LogP contribution in [0, 0.1) is 0 Å². The number of phenols is 1. The maximum Gasteiger partial charge on any atom is 0.407 e. The Balaban J connectivity index is 1.48. The number of carbonyl (C=O) groups is 2. The molecule has 4 aromatic rings. The first kappa shape index (κ1) is 37.6. The molecule has 1 unspecified atom stereocenters. The fourth-order valence-corrected chi connectivity index (χ4v) is 7.03. The van der Waals surface area contributed by atoms with Gasteiger partial charge in [-0.05, 0) is 42.3 Å². The summed E-state index contributed by atoms with van der Waals surface area (Å²) >= 11 is 1.01. The van der Waals surface area contributed by atoms with E-state index in [9.17, 15) is 24.6 Å². The largest absolute Gasteiger partial charge is 0.506 e. The molecule has 11 heteroatoms. The number of fused-ring (bicyclic) bond motifs is 1. The number of hydrogen-bond donors (Lipinski definition) is 3. The van der Waals surface area contributed by atoms with Crippen molar-refractivity contribution in [1.82, 2.24) is 19.7 Å². The molecule has 0 bridgehead atoms. The first-order valence-corrected chi connectivity index (χ1v) is 17.8. The normalized spacial score (nSPS) is 12.3. The lowest BCUT2D eigenvalue weighted by Crippen LogP contribution is -2.45. The van der Waals surface area contributed by atoms with Crippen LogP contribution in [0.2, 0.25) is 0 Å². The zero-order chi connectivity index (χ0) is 35.4. The van der Waals surface area contributed by atoms with Gasteiger partial charge in [-0.3, -0.25) is 9.59 Å². The van der Waals surface area contributed by atoms with Crippen LogP contribution >= 0.6 is 11.3 Å². The van der Waals surface area contributed by atoms with E-state index in [1.54, 1.807) is 17.0 Å². The van der Waals surface area contributed by atoms with Crippen molar-refractivity contribution < 1.29 is 24.5 Å². The Morgan fingerprint density at radius 1 is 0.898 bits per heavy atom. The molecule has 0 spiro atoms. The highest BCUT2D eigenvalue weighted by Crippen LogP contribution is 2.34. The Bertz CT molecular complexity index is 1690. The van der Waals surface area contributed by atoms with Crippen LogP contribution in [0.4, 0.5) is 4.79 Å². The predicted octanol–water partition coefficient (Wildman–Crippen LogP) is 6.16. The standard InChI is InChI=1S/C38H50N4O6S/c1-5-40(6-2)20-21-41(33(44)19-24-48-27-38(3,4)30-15-11-8-12-16-30)22-23-42(37(46)47)26-29(25-28-13-9-7-10-14-28)31-17-18-32(43)34-35(31)49-36(45)39-34/h7-18,29,43H,5-6,19-27H2,1-4H3,(H,39,45)(H,46,47). The summed E-state index contributed by atoms with van der Waals surface area (Å²) in [5, 5.41) is 20.8. The van der Waals surface area contributed by atoms with Gasteiger partial charge in [0.2, 0.25) is 5.91 Å². The maximum atomic E-state index is 13.6. The third-order valence-corrected chi connectivity index (χ3v) is 10.0. The van der Waals surface area contributed by atoms with Crippen molar-refractivity contribution in [1.29, 1.82) is 0 Å². The second-order valence-corrected chi connectivity index (χ2v) is 14.0. The van der Waals surface area contributed by atoms with Gasteiger partial charge in [0.05, 0.1) is 24.3 Å². The van der Waals surface area contributed by atoms with Crippen molar-refractivity contribution in [2.24, 2.45) is 0 Å². The van der Waals surface area contributed by atoms with E-state index in [1.807, 2.05) is 48.5 Å². The van der Waals surface area contributed by atoms with E-state index in [-0.39, 0.29) is 60.5 Å². The number of aromatic amines is 1. The Morgan fingerprint density at radius 2 is 1.53 bits per heavy atom. The lowest BCUT2D eigenvalue weighted by molar-refractivity contribution is -0.133. The minimum Gasteiger partial charge on any atom is -0.506 e. The number of phenolic OH excluding ortho intramolecular Hbond substituents is 1. The molecule has 0 radical (unpaired) electrons. The number of rotatable bonds is 19. The first-order chi connectivity index (χ1) is 23.5. The van der Waals surface area contributed by atoms with Gasteiger partial charge in [0, 0.05) is 44.1 Å². The van der Waals surface area contributed by atoms with Crippen molar-refractivity contribution in [2.45, 2.75) is 51.9 Å². The number of nitrogens with zero attached hydrogens (tertiary/aromatic N) is 3. The molecule has 264 valence electrons. The van der Waals surface area contributed by atoms with Crippen LogP contribution in [0.25, 0.3) is 10.2 Å². The molecule has 2 amide bonds. The summed E-state index contributed by atoms with van der Waals surface area (Å²) < 4.78 is 6.62. The number of aromatic nitrogens is 1. The zero-order valence-electron chi connectivity index (χ0n) is 29.1. The second-order valence-electron chi connectivity index (χ2n) is 13.0. The van der Waals surface area contributed by atoms with Crippen molar-refractivity contribution in [2.75, 3.05) is 59.0 Å². The number of nitrogens with one attached hydrogen (secondary N) is 1. The number of benzene rings is 3. The summed E-state index contributed by atoms with van der Waals surface area (Å²) in [5.74, 6) is -0.414. The molecule has 1 atom stereocenters. The number of thiazole rings is 1. The van der Waals surface area contributed by atoms with Crippen LogP contribution in [0.5, 0.6) is 5.75 Å². The minimum atomic E-state index is -1.09. The highest BCUT2D eigenvalue weighted by Gasteiger charge is 2.26. The minimum absolute atomic E-state index is 0.0272. The summed E-state index contributed by atoms with van der Waals surface area (Å²) in [5.41, 5.74) is 3.13. The van der Waals surface area contributed by atoms with Crippen molar-refractivity contribution >= 4 is 33.6 Å². The van der Waals surface area contributed by atoms with Crippen molar-refractivity contribution in [3.8, 4) is 5.75 Å². The number of carbonyl (C=O) groups excluding carboxylic acids is 1.